The molecule has 0 unspecified atom stereocenters. The number of aromatic nitrogens is 2. The fourth-order valence-electron chi connectivity index (χ4n) is 2.16. The first kappa shape index (κ1) is 13.3. The van der Waals surface area contributed by atoms with E-state index in [9.17, 15) is 9.59 Å². The molecule has 2 rings (SSSR count). The minimum atomic E-state index is -0.218. The number of amides is 1. The van der Waals surface area contributed by atoms with Crippen molar-refractivity contribution in [1.29, 1.82) is 0 Å². The fourth-order valence-corrected chi connectivity index (χ4v) is 2.49. The molecule has 18 heavy (non-hydrogen) atoms. The third-order valence-electron chi connectivity index (χ3n) is 3.19. The summed E-state index contributed by atoms with van der Waals surface area (Å²) >= 11 is 3.18. The van der Waals surface area contributed by atoms with E-state index >= 15 is 0 Å². The van der Waals surface area contributed by atoms with Gasteiger partial charge in [-0.05, 0) is 35.7 Å². The molecule has 5 nitrogen and oxygen atoms in total. The summed E-state index contributed by atoms with van der Waals surface area (Å²) in [7, 11) is 0. The van der Waals surface area contributed by atoms with E-state index in [0.29, 0.717) is 10.2 Å². The summed E-state index contributed by atoms with van der Waals surface area (Å²) in [5.74, 6) is -0.124. The third kappa shape index (κ3) is 2.98. The Hall–Kier alpha value is -1.17. The average molecular weight is 314 g/mol. The number of hydrogen-bond acceptors (Lipinski definition) is 3. The van der Waals surface area contributed by atoms with E-state index in [0.717, 1.165) is 12.8 Å². The summed E-state index contributed by atoms with van der Waals surface area (Å²) in [6.07, 6.45) is 5.83. The highest BCUT2D eigenvalue weighted by Gasteiger charge is 2.17. The molecule has 1 heterocycles. The van der Waals surface area contributed by atoms with Crippen molar-refractivity contribution in [1.82, 2.24) is 14.9 Å². The molecule has 1 aliphatic carbocycles. The number of carbonyl (C=O) groups is 1. The molecule has 6 heteroatoms. The molecule has 1 aromatic heterocycles. The lowest BCUT2D eigenvalue weighted by atomic mass is 10.2. The van der Waals surface area contributed by atoms with Gasteiger partial charge in [0.15, 0.2) is 0 Å². The van der Waals surface area contributed by atoms with Gasteiger partial charge in [0.1, 0.15) is 11.0 Å². The Morgan fingerprint density at radius 1 is 1.56 bits per heavy atom. The number of aryl methyl sites for hydroxylation is 1. The van der Waals surface area contributed by atoms with Crippen molar-refractivity contribution in [3.63, 3.8) is 0 Å². The molecule has 0 spiro atoms. The zero-order valence-electron chi connectivity index (χ0n) is 10.3. The Morgan fingerprint density at radius 2 is 2.22 bits per heavy atom. The van der Waals surface area contributed by atoms with Crippen LogP contribution < -0.4 is 10.9 Å². The van der Waals surface area contributed by atoms with Crippen LogP contribution in [0.3, 0.4) is 0 Å². The van der Waals surface area contributed by atoms with Gasteiger partial charge in [-0.2, -0.15) is 0 Å². The molecule has 0 bridgehead atoms. The second-order valence-electron chi connectivity index (χ2n) is 4.63. The Kier molecular flexibility index (Phi) is 4.16. The molecule has 0 radical (unpaired) electrons. The van der Waals surface area contributed by atoms with Gasteiger partial charge in [-0.25, -0.2) is 4.98 Å². The largest absolute Gasteiger partial charge is 0.352 e. The number of hydrogen-bond donors (Lipinski definition) is 1. The van der Waals surface area contributed by atoms with Crippen LogP contribution in [0.25, 0.3) is 0 Å². The lowest BCUT2D eigenvalue weighted by Gasteiger charge is -2.12. The van der Waals surface area contributed by atoms with Gasteiger partial charge < -0.3 is 5.32 Å². The second-order valence-corrected chi connectivity index (χ2v) is 5.42. The van der Waals surface area contributed by atoms with E-state index in [1.165, 1.54) is 23.7 Å². The first-order valence-electron chi connectivity index (χ1n) is 6.09. The molecule has 1 amide bonds. The maximum atomic E-state index is 11.9. The number of halogens is 1. The monoisotopic (exact) mass is 313 g/mol. The molecule has 0 saturated heterocycles. The van der Waals surface area contributed by atoms with E-state index in [2.05, 4.69) is 26.2 Å². The van der Waals surface area contributed by atoms with Crippen molar-refractivity contribution >= 4 is 21.8 Å². The van der Waals surface area contributed by atoms with Crippen molar-refractivity contribution in [3.8, 4) is 0 Å². The highest BCUT2D eigenvalue weighted by Crippen LogP contribution is 2.17. The van der Waals surface area contributed by atoms with Crippen LogP contribution in [0, 0.1) is 6.92 Å². The smallest absolute Gasteiger partial charge is 0.268 e. The normalized spacial score (nSPS) is 15.9. The first-order valence-corrected chi connectivity index (χ1v) is 6.88. The van der Waals surface area contributed by atoms with Crippen LogP contribution in [0.2, 0.25) is 0 Å². The van der Waals surface area contributed by atoms with Crippen molar-refractivity contribution in [2.24, 2.45) is 0 Å². The van der Waals surface area contributed by atoms with Gasteiger partial charge in [-0.1, -0.05) is 12.8 Å². The van der Waals surface area contributed by atoms with Crippen LogP contribution in [-0.4, -0.2) is 21.5 Å². The summed E-state index contributed by atoms with van der Waals surface area (Å²) in [6.45, 7) is 1.77. The highest BCUT2D eigenvalue weighted by atomic mass is 79.9. The van der Waals surface area contributed by atoms with Crippen molar-refractivity contribution < 1.29 is 4.79 Å². The number of nitrogens with zero attached hydrogens (tertiary/aromatic N) is 2. The molecule has 1 N–H and O–H groups in total. The lowest BCUT2D eigenvalue weighted by Crippen LogP contribution is -2.37. The highest BCUT2D eigenvalue weighted by molar-refractivity contribution is 9.10. The van der Waals surface area contributed by atoms with Gasteiger partial charge >= 0.3 is 0 Å². The molecule has 0 aromatic carbocycles. The van der Waals surface area contributed by atoms with E-state index in [1.807, 2.05) is 0 Å². The van der Waals surface area contributed by atoms with Crippen LogP contribution in [0.4, 0.5) is 0 Å². The van der Waals surface area contributed by atoms with Gasteiger partial charge in [-0.15, -0.1) is 0 Å². The summed E-state index contributed by atoms with van der Waals surface area (Å²) < 4.78 is 1.74. The Balaban J connectivity index is 2.03. The average Bonchev–Trinajstić information content (AvgIpc) is 2.83. The molecule has 0 aliphatic heterocycles. The van der Waals surface area contributed by atoms with Gasteiger partial charge in [0, 0.05) is 6.04 Å². The number of rotatable bonds is 3. The molecule has 1 aromatic rings. The Morgan fingerprint density at radius 3 is 2.89 bits per heavy atom. The summed E-state index contributed by atoms with van der Waals surface area (Å²) in [4.78, 5) is 27.7. The summed E-state index contributed by atoms with van der Waals surface area (Å²) in [5.41, 5.74) is 0.413. The van der Waals surface area contributed by atoms with Crippen LogP contribution in [0.5, 0.6) is 0 Å². The standard InChI is InChI=1S/C12H16BrN3O2/c1-8-11(13)12(18)16(7-14-8)6-10(17)15-9-4-2-3-5-9/h7,9H,2-6H2,1H3,(H,15,17). The topological polar surface area (TPSA) is 64.0 Å². The molecule has 1 saturated carbocycles. The van der Waals surface area contributed by atoms with Crippen LogP contribution >= 0.6 is 15.9 Å². The molecular weight excluding hydrogens is 298 g/mol. The first-order chi connectivity index (χ1) is 8.58. The van der Waals surface area contributed by atoms with E-state index < -0.39 is 0 Å². The number of nitrogens with one attached hydrogen (secondary N) is 1. The van der Waals surface area contributed by atoms with Crippen molar-refractivity contribution in [3.05, 3.63) is 26.8 Å². The SMILES string of the molecule is Cc1ncn(CC(=O)NC2CCCC2)c(=O)c1Br. The Labute approximate surface area is 114 Å². The third-order valence-corrected chi connectivity index (χ3v) is 4.10. The quantitative estimate of drug-likeness (QED) is 0.916. The minimum Gasteiger partial charge on any atom is -0.352 e. The van der Waals surface area contributed by atoms with Crippen molar-refractivity contribution in [2.75, 3.05) is 0 Å². The maximum Gasteiger partial charge on any atom is 0.268 e. The minimum absolute atomic E-state index is 0.0290. The van der Waals surface area contributed by atoms with Gasteiger partial charge in [0.2, 0.25) is 5.91 Å². The Bertz CT molecular complexity index is 507. The molecule has 0 atom stereocenters. The predicted octanol–water partition coefficient (Wildman–Crippen LogP) is 1.37. The molecule has 98 valence electrons. The zero-order chi connectivity index (χ0) is 13.1. The summed E-state index contributed by atoms with van der Waals surface area (Å²) in [6, 6.07) is 0.273. The van der Waals surface area contributed by atoms with Gasteiger partial charge in [0.05, 0.1) is 12.0 Å². The van der Waals surface area contributed by atoms with Crippen LogP contribution in [0.15, 0.2) is 15.6 Å². The second kappa shape index (κ2) is 5.65. The molecule has 1 fully saturated rings. The maximum absolute atomic E-state index is 11.9. The van der Waals surface area contributed by atoms with Crippen LogP contribution in [0.1, 0.15) is 31.4 Å². The summed E-state index contributed by atoms with van der Waals surface area (Å²) in [5, 5.41) is 2.95. The van der Waals surface area contributed by atoms with Gasteiger partial charge in [0.25, 0.3) is 5.56 Å². The molecular formula is C12H16BrN3O2. The van der Waals surface area contributed by atoms with E-state index in [1.54, 1.807) is 6.92 Å². The van der Waals surface area contributed by atoms with E-state index in [-0.39, 0.29) is 24.1 Å². The zero-order valence-corrected chi connectivity index (χ0v) is 11.9. The van der Waals surface area contributed by atoms with E-state index in [4.69, 9.17) is 0 Å². The van der Waals surface area contributed by atoms with Crippen LogP contribution in [-0.2, 0) is 11.3 Å². The fraction of sp³-hybridized carbons (Fsp3) is 0.583. The van der Waals surface area contributed by atoms with Crippen molar-refractivity contribution in [2.45, 2.75) is 45.2 Å². The lowest BCUT2D eigenvalue weighted by molar-refractivity contribution is -0.122. The van der Waals surface area contributed by atoms with Gasteiger partial charge in [-0.3, -0.25) is 14.2 Å². The number of carbonyl (C=O) groups excluding carboxylic acids is 1. The molecule has 1 aliphatic rings. The predicted molar refractivity (Wildman–Crippen MR) is 71.3 cm³/mol.